The van der Waals surface area contributed by atoms with Gasteiger partial charge in [0.2, 0.25) is 0 Å². The van der Waals surface area contributed by atoms with Crippen LogP contribution in [-0.4, -0.2) is 33.0 Å². The van der Waals surface area contributed by atoms with Gasteiger partial charge in [0.05, 0.1) is 18.0 Å². The largest absolute Gasteiger partial charge is 0.455 e. The lowest BCUT2D eigenvalue weighted by atomic mass is 10.2. The zero-order valence-electron chi connectivity index (χ0n) is 14.2. The minimum atomic E-state index is -0.188. The van der Waals surface area contributed by atoms with Crippen LogP contribution in [0.3, 0.4) is 0 Å². The molecule has 3 rings (SSSR count). The van der Waals surface area contributed by atoms with Crippen molar-refractivity contribution in [2.75, 3.05) is 7.05 Å². The third kappa shape index (κ3) is 4.08. The summed E-state index contributed by atoms with van der Waals surface area (Å²) in [5, 5.41) is 4.58. The zero-order chi connectivity index (χ0) is 17.8. The van der Waals surface area contributed by atoms with E-state index < -0.39 is 0 Å². The van der Waals surface area contributed by atoms with Gasteiger partial charge in [-0.2, -0.15) is 0 Å². The molecule has 0 aliphatic carbocycles. The van der Waals surface area contributed by atoms with E-state index in [0.29, 0.717) is 29.0 Å². The number of aromatic nitrogens is 3. The van der Waals surface area contributed by atoms with Crippen molar-refractivity contribution in [2.24, 2.45) is 0 Å². The topological polar surface area (TPSA) is 85.3 Å². The van der Waals surface area contributed by atoms with Crippen LogP contribution in [0.2, 0.25) is 0 Å². The van der Waals surface area contributed by atoms with Gasteiger partial charge < -0.3 is 13.8 Å². The Kier molecular flexibility index (Phi) is 5.18. The van der Waals surface area contributed by atoms with Gasteiger partial charge in [0, 0.05) is 25.0 Å². The minimum absolute atomic E-state index is 0.188. The summed E-state index contributed by atoms with van der Waals surface area (Å²) in [5.74, 6) is 2.10. The fourth-order valence-electron chi connectivity index (χ4n) is 2.29. The highest BCUT2D eigenvalue weighted by molar-refractivity contribution is 7.98. The first-order valence-corrected chi connectivity index (χ1v) is 8.69. The molecule has 130 valence electrons. The Hall–Kier alpha value is -2.61. The fourth-order valence-corrected chi connectivity index (χ4v) is 2.99. The normalized spacial score (nSPS) is 10.8. The van der Waals surface area contributed by atoms with Crippen LogP contribution in [0.15, 0.2) is 44.7 Å². The molecule has 3 aromatic heterocycles. The van der Waals surface area contributed by atoms with Crippen molar-refractivity contribution in [3.63, 3.8) is 0 Å². The lowest BCUT2D eigenvalue weighted by Crippen LogP contribution is -2.26. The molecule has 0 aromatic carbocycles. The van der Waals surface area contributed by atoms with Gasteiger partial charge in [-0.3, -0.25) is 4.79 Å². The Labute approximate surface area is 149 Å². The molecule has 8 heteroatoms. The summed E-state index contributed by atoms with van der Waals surface area (Å²) in [6, 6.07) is 5.25. The summed E-state index contributed by atoms with van der Waals surface area (Å²) in [6.45, 7) is 4.11. The summed E-state index contributed by atoms with van der Waals surface area (Å²) in [6.07, 6.45) is 3.38. The van der Waals surface area contributed by atoms with E-state index in [9.17, 15) is 4.79 Å². The van der Waals surface area contributed by atoms with Crippen molar-refractivity contribution >= 4 is 17.7 Å². The number of thioether (sulfide) groups is 1. The quantitative estimate of drug-likeness (QED) is 0.494. The predicted molar refractivity (Wildman–Crippen MR) is 92.1 cm³/mol. The average molecular weight is 358 g/mol. The van der Waals surface area contributed by atoms with Crippen molar-refractivity contribution in [2.45, 2.75) is 31.3 Å². The summed E-state index contributed by atoms with van der Waals surface area (Å²) in [7, 11) is 1.73. The monoisotopic (exact) mass is 358 g/mol. The number of hydrogen-bond acceptors (Lipinski definition) is 7. The lowest BCUT2D eigenvalue weighted by Gasteiger charge is -2.15. The first-order chi connectivity index (χ1) is 12.0. The van der Waals surface area contributed by atoms with E-state index >= 15 is 0 Å². The predicted octanol–water partition coefficient (Wildman–Crippen LogP) is 3.24. The third-order valence-corrected chi connectivity index (χ3v) is 4.58. The van der Waals surface area contributed by atoms with Crippen molar-refractivity contribution in [3.8, 4) is 0 Å². The van der Waals surface area contributed by atoms with E-state index in [1.807, 2.05) is 13.8 Å². The van der Waals surface area contributed by atoms with Crippen LogP contribution in [0, 0.1) is 13.8 Å². The van der Waals surface area contributed by atoms with E-state index in [0.717, 1.165) is 17.0 Å². The van der Waals surface area contributed by atoms with Crippen LogP contribution in [-0.2, 0) is 12.3 Å². The molecule has 3 heterocycles. The van der Waals surface area contributed by atoms with Crippen molar-refractivity contribution < 1.29 is 13.7 Å². The Morgan fingerprint density at radius 2 is 2.00 bits per heavy atom. The Balaban J connectivity index is 1.62. The summed E-state index contributed by atoms with van der Waals surface area (Å²) >= 11 is 1.45. The van der Waals surface area contributed by atoms with Crippen LogP contribution in [0.25, 0.3) is 0 Å². The maximum atomic E-state index is 12.5. The number of furan rings is 1. The van der Waals surface area contributed by atoms with Crippen LogP contribution in [0.4, 0.5) is 0 Å². The molecule has 25 heavy (non-hydrogen) atoms. The molecule has 0 atom stereocenters. The van der Waals surface area contributed by atoms with Gasteiger partial charge in [0.15, 0.2) is 10.9 Å². The van der Waals surface area contributed by atoms with Crippen LogP contribution < -0.4 is 0 Å². The first-order valence-electron chi connectivity index (χ1n) is 7.70. The van der Waals surface area contributed by atoms with Gasteiger partial charge in [-0.25, -0.2) is 9.97 Å². The van der Waals surface area contributed by atoms with E-state index in [1.165, 1.54) is 11.8 Å². The number of nitrogens with zero attached hydrogens (tertiary/aromatic N) is 4. The minimum Gasteiger partial charge on any atom is -0.455 e. The van der Waals surface area contributed by atoms with E-state index in [1.54, 1.807) is 42.5 Å². The summed E-state index contributed by atoms with van der Waals surface area (Å²) in [5.41, 5.74) is 1.70. The second-order valence-corrected chi connectivity index (χ2v) is 6.49. The van der Waals surface area contributed by atoms with Gasteiger partial charge >= 0.3 is 0 Å². The molecular weight excluding hydrogens is 340 g/mol. The number of amides is 1. The fraction of sp³-hybridized carbons (Fsp3) is 0.294. The molecule has 0 saturated heterocycles. The lowest BCUT2D eigenvalue weighted by molar-refractivity contribution is 0.0751. The third-order valence-electron chi connectivity index (χ3n) is 3.68. The number of rotatable bonds is 6. The number of carbonyl (C=O) groups is 1. The summed E-state index contributed by atoms with van der Waals surface area (Å²) < 4.78 is 10.8. The molecule has 0 spiro atoms. The van der Waals surface area contributed by atoms with Crippen LogP contribution >= 0.6 is 11.8 Å². The van der Waals surface area contributed by atoms with Gasteiger partial charge in [0.1, 0.15) is 11.5 Å². The van der Waals surface area contributed by atoms with Crippen molar-refractivity contribution in [3.05, 3.63) is 59.1 Å². The maximum absolute atomic E-state index is 12.5. The molecule has 0 fully saturated rings. The second-order valence-electron chi connectivity index (χ2n) is 5.55. The van der Waals surface area contributed by atoms with E-state index in [-0.39, 0.29) is 5.91 Å². The molecule has 0 unspecified atom stereocenters. The SMILES string of the molecule is Cc1noc(C)c1CN(C)C(=O)c1ccc(CSc2ncccn2)o1. The standard InChI is InChI=1S/C17H18N4O3S/c1-11-14(12(2)24-20-11)9-21(3)16(22)15-6-5-13(23-15)10-25-17-18-7-4-8-19-17/h4-8H,9-10H2,1-3H3. The number of carbonyl (C=O) groups excluding carboxylic acids is 1. The molecule has 7 nitrogen and oxygen atoms in total. The highest BCUT2D eigenvalue weighted by Gasteiger charge is 2.19. The summed E-state index contributed by atoms with van der Waals surface area (Å²) in [4.78, 5) is 22.4. The molecule has 0 saturated carbocycles. The number of aryl methyl sites for hydroxylation is 2. The second kappa shape index (κ2) is 7.52. The molecule has 0 bridgehead atoms. The van der Waals surface area contributed by atoms with E-state index in [2.05, 4.69) is 15.1 Å². The smallest absolute Gasteiger partial charge is 0.289 e. The van der Waals surface area contributed by atoms with Crippen LogP contribution in [0.5, 0.6) is 0 Å². The molecule has 1 amide bonds. The first kappa shape index (κ1) is 17.2. The molecule has 0 aliphatic heterocycles. The Morgan fingerprint density at radius 3 is 2.68 bits per heavy atom. The van der Waals surface area contributed by atoms with Gasteiger partial charge in [-0.1, -0.05) is 16.9 Å². The Morgan fingerprint density at radius 1 is 1.24 bits per heavy atom. The molecule has 3 aromatic rings. The maximum Gasteiger partial charge on any atom is 0.289 e. The highest BCUT2D eigenvalue weighted by atomic mass is 32.2. The van der Waals surface area contributed by atoms with Gasteiger partial charge in [-0.15, -0.1) is 0 Å². The van der Waals surface area contributed by atoms with Crippen LogP contribution in [0.1, 0.15) is 33.3 Å². The molecule has 0 N–H and O–H groups in total. The van der Waals surface area contributed by atoms with Crippen molar-refractivity contribution in [1.29, 1.82) is 0 Å². The van der Waals surface area contributed by atoms with Gasteiger partial charge in [0.25, 0.3) is 5.91 Å². The van der Waals surface area contributed by atoms with E-state index in [4.69, 9.17) is 8.94 Å². The number of hydrogen-bond donors (Lipinski definition) is 0. The Bertz CT molecular complexity index is 840. The zero-order valence-corrected chi connectivity index (χ0v) is 15.0. The molecule has 0 aliphatic rings. The highest BCUT2D eigenvalue weighted by Crippen LogP contribution is 2.21. The molecular formula is C17H18N4O3S. The van der Waals surface area contributed by atoms with Crippen molar-refractivity contribution in [1.82, 2.24) is 20.0 Å². The van der Waals surface area contributed by atoms with Gasteiger partial charge in [-0.05, 0) is 32.0 Å². The average Bonchev–Trinajstić information content (AvgIpc) is 3.22. The molecule has 0 radical (unpaired) electrons.